The van der Waals surface area contributed by atoms with Crippen LogP contribution in [0, 0.1) is 0 Å². The van der Waals surface area contributed by atoms with Gasteiger partial charge in [0, 0.05) is 22.2 Å². The maximum Gasteiger partial charge on any atom is 0.112 e. The molecule has 1 heterocycles. The minimum atomic E-state index is -0.662. The Morgan fingerprint density at radius 1 is 1.31 bits per heavy atom. The van der Waals surface area contributed by atoms with Gasteiger partial charge >= 0.3 is 0 Å². The molecule has 0 radical (unpaired) electrons. The maximum atomic E-state index is 6.19. The lowest BCUT2D eigenvalue weighted by Gasteiger charge is -2.24. The average Bonchev–Trinajstić information content (AvgIpc) is 2.28. The van der Waals surface area contributed by atoms with Crippen LogP contribution < -0.4 is 5.90 Å². The third-order valence-corrected chi connectivity index (χ3v) is 2.94. The molecule has 0 aliphatic heterocycles. The number of rotatable bonds is 2. The first-order valence-electron chi connectivity index (χ1n) is 4.98. The largest absolute Gasteiger partial charge is 0.294 e. The Hall–Kier alpha value is -1.16. The molecule has 0 unspecified atom stereocenters. The lowest BCUT2D eigenvalue weighted by Crippen LogP contribution is -2.26. The molecule has 2 aromatic rings. The van der Waals surface area contributed by atoms with Crippen molar-refractivity contribution in [3.8, 4) is 0 Å². The molecule has 2 N–H and O–H groups in total. The van der Waals surface area contributed by atoms with E-state index >= 15 is 0 Å². The third kappa shape index (κ3) is 1.78. The quantitative estimate of drug-likeness (QED) is 0.816. The first-order chi connectivity index (χ1) is 7.56. The molecule has 0 saturated carbocycles. The molecule has 0 atom stereocenters. The normalized spacial score (nSPS) is 12.0. The van der Waals surface area contributed by atoms with Gasteiger partial charge < -0.3 is 0 Å². The van der Waals surface area contributed by atoms with E-state index < -0.39 is 5.60 Å². The molecule has 0 spiro atoms. The predicted molar refractivity (Wildman–Crippen MR) is 65.1 cm³/mol. The number of hydrogen-bond donors (Lipinski definition) is 1. The molecular weight excluding hydrogens is 224 g/mol. The van der Waals surface area contributed by atoms with Crippen LogP contribution in [-0.2, 0) is 10.4 Å². The second-order valence-corrected chi connectivity index (χ2v) is 4.53. The van der Waals surface area contributed by atoms with Crippen LogP contribution >= 0.6 is 11.6 Å². The standard InChI is InChI=1S/C12H13ClN2O/c1-12(2,16-14)10-9(13)6-5-8-4-3-7-15-11(8)10/h3-7H,14H2,1-2H3. The topological polar surface area (TPSA) is 48.1 Å². The molecule has 0 saturated heterocycles. The fraction of sp³-hybridized carbons (Fsp3) is 0.250. The van der Waals surface area contributed by atoms with Crippen molar-refractivity contribution in [3.05, 3.63) is 41.0 Å². The van der Waals surface area contributed by atoms with Crippen molar-refractivity contribution in [1.29, 1.82) is 0 Å². The number of halogens is 1. The molecule has 3 nitrogen and oxygen atoms in total. The average molecular weight is 237 g/mol. The van der Waals surface area contributed by atoms with E-state index in [-0.39, 0.29) is 0 Å². The van der Waals surface area contributed by atoms with Crippen LogP contribution in [0.2, 0.25) is 5.02 Å². The van der Waals surface area contributed by atoms with Gasteiger partial charge in [-0.2, -0.15) is 0 Å². The number of pyridine rings is 1. The summed E-state index contributed by atoms with van der Waals surface area (Å²) in [5, 5.41) is 1.63. The summed E-state index contributed by atoms with van der Waals surface area (Å²) in [4.78, 5) is 9.32. The lowest BCUT2D eigenvalue weighted by molar-refractivity contribution is -0.0225. The Bertz CT molecular complexity index is 525. The van der Waals surface area contributed by atoms with Gasteiger partial charge in [-0.15, -0.1) is 0 Å². The minimum Gasteiger partial charge on any atom is -0.294 e. The van der Waals surface area contributed by atoms with E-state index in [4.69, 9.17) is 22.3 Å². The number of benzene rings is 1. The van der Waals surface area contributed by atoms with Crippen LogP contribution in [0.1, 0.15) is 19.4 Å². The molecule has 84 valence electrons. The lowest BCUT2D eigenvalue weighted by atomic mass is 9.95. The number of nitrogens with zero attached hydrogens (tertiary/aromatic N) is 1. The van der Waals surface area contributed by atoms with Crippen molar-refractivity contribution in [2.75, 3.05) is 0 Å². The van der Waals surface area contributed by atoms with Gasteiger partial charge in [0.25, 0.3) is 0 Å². The molecule has 2 rings (SSSR count). The van der Waals surface area contributed by atoms with Crippen LogP contribution in [0.25, 0.3) is 10.9 Å². The zero-order chi connectivity index (χ0) is 11.8. The fourth-order valence-electron chi connectivity index (χ4n) is 1.75. The summed E-state index contributed by atoms with van der Waals surface area (Å²) in [6, 6.07) is 7.63. The number of aromatic nitrogens is 1. The van der Waals surface area contributed by atoms with Crippen LogP contribution in [0.15, 0.2) is 30.5 Å². The van der Waals surface area contributed by atoms with Crippen molar-refractivity contribution < 1.29 is 4.84 Å². The Balaban J connectivity index is 2.81. The summed E-state index contributed by atoms with van der Waals surface area (Å²) in [5.41, 5.74) is 0.977. The van der Waals surface area contributed by atoms with Crippen LogP contribution in [-0.4, -0.2) is 4.98 Å². The van der Waals surface area contributed by atoms with E-state index in [1.807, 2.05) is 38.1 Å². The minimum absolute atomic E-state index is 0.613. The van der Waals surface area contributed by atoms with Crippen molar-refractivity contribution in [2.45, 2.75) is 19.4 Å². The van der Waals surface area contributed by atoms with E-state index in [0.717, 1.165) is 16.5 Å². The Labute approximate surface area is 99.1 Å². The van der Waals surface area contributed by atoms with Gasteiger partial charge in [0.2, 0.25) is 0 Å². The highest BCUT2D eigenvalue weighted by Crippen LogP contribution is 2.34. The van der Waals surface area contributed by atoms with E-state index in [0.29, 0.717) is 5.02 Å². The second kappa shape index (κ2) is 4.01. The van der Waals surface area contributed by atoms with Crippen molar-refractivity contribution in [2.24, 2.45) is 5.90 Å². The SMILES string of the molecule is CC(C)(ON)c1c(Cl)ccc2cccnc12. The maximum absolute atomic E-state index is 6.19. The number of nitrogens with two attached hydrogens (primary N) is 1. The monoisotopic (exact) mass is 236 g/mol. The zero-order valence-corrected chi connectivity index (χ0v) is 9.95. The molecule has 4 heteroatoms. The summed E-state index contributed by atoms with van der Waals surface area (Å²) < 4.78 is 0. The second-order valence-electron chi connectivity index (χ2n) is 4.13. The van der Waals surface area contributed by atoms with E-state index in [2.05, 4.69) is 4.98 Å². The van der Waals surface area contributed by atoms with E-state index in [9.17, 15) is 0 Å². The number of fused-ring (bicyclic) bond motifs is 1. The van der Waals surface area contributed by atoms with Crippen molar-refractivity contribution >= 4 is 22.5 Å². The van der Waals surface area contributed by atoms with Gasteiger partial charge in [0.15, 0.2) is 0 Å². The van der Waals surface area contributed by atoms with Gasteiger partial charge in [-0.3, -0.25) is 9.82 Å². The Morgan fingerprint density at radius 2 is 2.06 bits per heavy atom. The first kappa shape index (κ1) is 11.3. The van der Waals surface area contributed by atoms with Gasteiger partial charge in [-0.25, -0.2) is 5.90 Å². The van der Waals surface area contributed by atoms with Crippen molar-refractivity contribution in [1.82, 2.24) is 4.98 Å². The van der Waals surface area contributed by atoms with Crippen LogP contribution in [0.3, 0.4) is 0 Å². The smallest absolute Gasteiger partial charge is 0.112 e. The summed E-state index contributed by atoms with van der Waals surface area (Å²) in [7, 11) is 0. The highest BCUT2D eigenvalue weighted by atomic mass is 35.5. The molecule has 0 aliphatic rings. The number of hydrogen-bond acceptors (Lipinski definition) is 3. The fourth-order valence-corrected chi connectivity index (χ4v) is 2.13. The summed E-state index contributed by atoms with van der Waals surface area (Å²) >= 11 is 6.19. The Morgan fingerprint density at radius 3 is 2.75 bits per heavy atom. The summed E-state index contributed by atoms with van der Waals surface area (Å²) in [6.45, 7) is 3.73. The van der Waals surface area contributed by atoms with E-state index in [1.165, 1.54) is 0 Å². The Kier molecular flexibility index (Phi) is 2.84. The highest BCUT2D eigenvalue weighted by Gasteiger charge is 2.26. The molecule has 0 fully saturated rings. The van der Waals surface area contributed by atoms with Crippen LogP contribution in [0.5, 0.6) is 0 Å². The van der Waals surface area contributed by atoms with Crippen molar-refractivity contribution in [3.63, 3.8) is 0 Å². The van der Waals surface area contributed by atoms with Gasteiger partial charge in [-0.05, 0) is 26.0 Å². The van der Waals surface area contributed by atoms with Gasteiger partial charge in [0.05, 0.1) is 5.52 Å². The molecule has 0 bridgehead atoms. The molecule has 0 amide bonds. The van der Waals surface area contributed by atoms with E-state index in [1.54, 1.807) is 6.20 Å². The molecule has 1 aromatic heterocycles. The predicted octanol–water partition coefficient (Wildman–Crippen LogP) is 3.01. The van der Waals surface area contributed by atoms with Gasteiger partial charge in [-0.1, -0.05) is 23.7 Å². The third-order valence-electron chi connectivity index (χ3n) is 2.62. The first-order valence-corrected chi connectivity index (χ1v) is 5.35. The van der Waals surface area contributed by atoms with Gasteiger partial charge in [0.1, 0.15) is 5.60 Å². The van der Waals surface area contributed by atoms with Crippen LogP contribution in [0.4, 0.5) is 0 Å². The molecule has 0 aliphatic carbocycles. The summed E-state index contributed by atoms with van der Waals surface area (Å²) in [6.07, 6.45) is 1.73. The highest BCUT2D eigenvalue weighted by molar-refractivity contribution is 6.32. The molecule has 1 aromatic carbocycles. The molecule has 16 heavy (non-hydrogen) atoms. The summed E-state index contributed by atoms with van der Waals surface area (Å²) in [5.74, 6) is 5.31. The zero-order valence-electron chi connectivity index (χ0n) is 9.20. The molecular formula is C12H13ClN2O.